The Kier molecular flexibility index (Phi) is 5.10. The van der Waals surface area contributed by atoms with Crippen molar-refractivity contribution in [2.45, 2.75) is 31.8 Å². The number of benzene rings is 2. The molecule has 3 aromatic rings. The zero-order valence-electron chi connectivity index (χ0n) is 17.0. The molecule has 0 saturated carbocycles. The Bertz CT molecular complexity index is 1310. The van der Waals surface area contributed by atoms with Crippen LogP contribution in [0.15, 0.2) is 42.5 Å². The van der Waals surface area contributed by atoms with Crippen LogP contribution in [0.25, 0.3) is 5.69 Å². The Labute approximate surface area is 178 Å². The molecule has 10 heteroatoms. The Morgan fingerprint density at radius 2 is 1.87 bits per heavy atom. The number of amides is 1. The number of nitro benzene ring substituents is 1. The second kappa shape index (κ2) is 7.62. The van der Waals surface area contributed by atoms with Gasteiger partial charge in [-0.15, -0.1) is 0 Å². The lowest BCUT2D eigenvalue weighted by Gasteiger charge is -2.13. The Morgan fingerprint density at radius 1 is 1.16 bits per heavy atom. The van der Waals surface area contributed by atoms with Crippen molar-refractivity contribution in [3.63, 3.8) is 0 Å². The van der Waals surface area contributed by atoms with Crippen molar-refractivity contribution in [1.82, 2.24) is 9.78 Å². The highest BCUT2D eigenvalue weighted by Crippen LogP contribution is 2.34. The SMILES string of the molecule is Cc1ccc(-n2nc3c(c2NC(=O)Cc2ccc([N+](=O)[O-])cc2)CS(=O)(=O)C3)c(C)c1. The van der Waals surface area contributed by atoms with Gasteiger partial charge in [0.15, 0.2) is 9.84 Å². The van der Waals surface area contributed by atoms with Crippen LogP contribution in [-0.4, -0.2) is 29.0 Å². The molecule has 0 saturated heterocycles. The van der Waals surface area contributed by atoms with Gasteiger partial charge in [-0.3, -0.25) is 14.9 Å². The zero-order valence-corrected chi connectivity index (χ0v) is 17.8. The fraction of sp³-hybridized carbons (Fsp3) is 0.238. The number of nitrogens with zero attached hydrogens (tertiary/aromatic N) is 3. The number of hydrogen-bond donors (Lipinski definition) is 1. The van der Waals surface area contributed by atoms with Gasteiger partial charge in [-0.1, -0.05) is 29.8 Å². The number of hydrogen-bond acceptors (Lipinski definition) is 6. The first kappa shape index (κ1) is 20.7. The van der Waals surface area contributed by atoms with E-state index >= 15 is 0 Å². The van der Waals surface area contributed by atoms with Gasteiger partial charge >= 0.3 is 0 Å². The Balaban J connectivity index is 1.66. The predicted octanol–water partition coefficient (Wildman–Crippen LogP) is 3.01. The predicted molar refractivity (Wildman–Crippen MR) is 115 cm³/mol. The molecule has 0 unspecified atom stereocenters. The number of aromatic nitrogens is 2. The molecular formula is C21H20N4O5S. The van der Waals surface area contributed by atoms with E-state index in [2.05, 4.69) is 10.4 Å². The molecule has 2 heterocycles. The van der Waals surface area contributed by atoms with Crippen LogP contribution in [0.4, 0.5) is 11.5 Å². The number of sulfone groups is 1. The standard InChI is InChI=1S/C21H20N4O5S/c1-13-3-8-19(14(2)9-13)24-21(17-11-31(29,30)12-18(17)23-24)22-20(26)10-15-4-6-16(7-5-15)25(27)28/h3-9H,10-12H2,1-2H3,(H,22,26). The van der Waals surface area contributed by atoms with E-state index in [4.69, 9.17) is 0 Å². The first-order valence-electron chi connectivity index (χ1n) is 9.55. The average Bonchev–Trinajstić information content (AvgIpc) is 3.14. The molecule has 0 aliphatic carbocycles. The van der Waals surface area contributed by atoms with Crippen LogP contribution in [0.5, 0.6) is 0 Å². The van der Waals surface area contributed by atoms with Gasteiger partial charge in [-0.25, -0.2) is 13.1 Å². The highest BCUT2D eigenvalue weighted by molar-refractivity contribution is 7.90. The summed E-state index contributed by atoms with van der Waals surface area (Å²) in [6.45, 7) is 3.90. The van der Waals surface area contributed by atoms with Gasteiger partial charge in [0.1, 0.15) is 5.82 Å². The molecule has 0 spiro atoms. The molecule has 160 valence electrons. The molecule has 1 aliphatic rings. The highest BCUT2D eigenvalue weighted by Gasteiger charge is 2.33. The summed E-state index contributed by atoms with van der Waals surface area (Å²) >= 11 is 0. The molecule has 0 atom stereocenters. The molecule has 4 rings (SSSR count). The summed E-state index contributed by atoms with van der Waals surface area (Å²) in [7, 11) is -3.30. The van der Waals surface area contributed by atoms with E-state index in [9.17, 15) is 23.3 Å². The first-order valence-corrected chi connectivity index (χ1v) is 11.4. The molecule has 2 aromatic carbocycles. The lowest BCUT2D eigenvalue weighted by molar-refractivity contribution is -0.384. The average molecular weight is 440 g/mol. The molecule has 1 amide bonds. The van der Waals surface area contributed by atoms with Gasteiger partial charge in [0, 0.05) is 17.7 Å². The third kappa shape index (κ3) is 4.19. The van der Waals surface area contributed by atoms with Crippen molar-refractivity contribution in [3.8, 4) is 5.69 Å². The van der Waals surface area contributed by atoms with Gasteiger partial charge in [-0.05, 0) is 31.0 Å². The second-order valence-corrected chi connectivity index (χ2v) is 9.72. The molecular weight excluding hydrogens is 420 g/mol. The van der Waals surface area contributed by atoms with Crippen LogP contribution >= 0.6 is 0 Å². The minimum absolute atomic E-state index is 0.0163. The number of nitro groups is 1. The minimum atomic E-state index is -3.30. The lowest BCUT2D eigenvalue weighted by Crippen LogP contribution is -2.19. The van der Waals surface area contributed by atoms with Crippen molar-refractivity contribution >= 4 is 27.2 Å². The molecule has 0 bridgehead atoms. The van der Waals surface area contributed by atoms with Crippen LogP contribution in [0, 0.1) is 24.0 Å². The minimum Gasteiger partial charge on any atom is -0.310 e. The summed E-state index contributed by atoms with van der Waals surface area (Å²) in [4.78, 5) is 23.0. The maximum absolute atomic E-state index is 12.7. The van der Waals surface area contributed by atoms with Gasteiger partial charge in [0.2, 0.25) is 5.91 Å². The summed E-state index contributed by atoms with van der Waals surface area (Å²) in [5.74, 6) is -0.368. The smallest absolute Gasteiger partial charge is 0.269 e. The van der Waals surface area contributed by atoms with Crippen LogP contribution in [0.2, 0.25) is 0 Å². The van der Waals surface area contributed by atoms with Gasteiger partial charge in [0.05, 0.1) is 34.2 Å². The van der Waals surface area contributed by atoms with Crippen LogP contribution < -0.4 is 5.32 Å². The molecule has 1 aromatic heterocycles. The molecule has 31 heavy (non-hydrogen) atoms. The van der Waals surface area contributed by atoms with Gasteiger partial charge in [0.25, 0.3) is 5.69 Å². The lowest BCUT2D eigenvalue weighted by atomic mass is 10.1. The summed E-state index contributed by atoms with van der Waals surface area (Å²) in [5, 5.41) is 18.1. The first-order chi connectivity index (χ1) is 14.6. The Hall–Kier alpha value is -3.53. The zero-order chi connectivity index (χ0) is 22.3. The number of carbonyl (C=O) groups is 1. The van der Waals surface area contributed by atoms with E-state index in [1.165, 1.54) is 24.3 Å². The third-order valence-electron chi connectivity index (χ3n) is 5.14. The number of aryl methyl sites for hydroxylation is 2. The normalized spacial score (nSPS) is 14.3. The van der Waals surface area contributed by atoms with Crippen LogP contribution in [-0.2, 0) is 32.6 Å². The van der Waals surface area contributed by atoms with Crippen molar-refractivity contribution in [2.24, 2.45) is 0 Å². The van der Waals surface area contributed by atoms with Crippen molar-refractivity contribution in [2.75, 3.05) is 5.32 Å². The van der Waals surface area contributed by atoms with E-state index in [1.54, 1.807) is 4.68 Å². The van der Waals surface area contributed by atoms with Crippen LogP contribution in [0.3, 0.4) is 0 Å². The number of nitrogens with one attached hydrogen (secondary N) is 1. The maximum Gasteiger partial charge on any atom is 0.269 e. The van der Waals surface area contributed by atoms with E-state index < -0.39 is 14.8 Å². The number of carbonyl (C=O) groups excluding carboxylic acids is 1. The monoisotopic (exact) mass is 440 g/mol. The summed E-state index contributed by atoms with van der Waals surface area (Å²) < 4.78 is 25.8. The summed E-state index contributed by atoms with van der Waals surface area (Å²) in [6, 6.07) is 11.5. The topological polar surface area (TPSA) is 124 Å². The fourth-order valence-electron chi connectivity index (χ4n) is 3.69. The van der Waals surface area contributed by atoms with Crippen LogP contribution in [0.1, 0.15) is 27.9 Å². The van der Waals surface area contributed by atoms with E-state index in [0.29, 0.717) is 22.6 Å². The molecule has 1 N–H and O–H groups in total. The molecule has 0 radical (unpaired) electrons. The number of anilines is 1. The summed E-state index contributed by atoms with van der Waals surface area (Å²) in [5.41, 5.74) is 4.25. The van der Waals surface area contributed by atoms with Gasteiger partial charge in [-0.2, -0.15) is 5.10 Å². The van der Waals surface area contributed by atoms with E-state index in [-0.39, 0.29) is 29.5 Å². The van der Waals surface area contributed by atoms with E-state index in [1.807, 2.05) is 32.0 Å². The number of rotatable bonds is 5. The maximum atomic E-state index is 12.7. The quantitative estimate of drug-likeness (QED) is 0.480. The molecule has 9 nitrogen and oxygen atoms in total. The third-order valence-corrected chi connectivity index (χ3v) is 6.58. The van der Waals surface area contributed by atoms with Gasteiger partial charge < -0.3 is 5.32 Å². The molecule has 1 aliphatic heterocycles. The Morgan fingerprint density at radius 3 is 2.52 bits per heavy atom. The van der Waals surface area contributed by atoms with E-state index in [0.717, 1.165) is 16.8 Å². The largest absolute Gasteiger partial charge is 0.310 e. The fourth-order valence-corrected chi connectivity index (χ4v) is 5.18. The highest BCUT2D eigenvalue weighted by atomic mass is 32.2. The second-order valence-electron chi connectivity index (χ2n) is 7.66. The van der Waals surface area contributed by atoms with Crippen molar-refractivity contribution < 1.29 is 18.1 Å². The summed E-state index contributed by atoms with van der Waals surface area (Å²) in [6.07, 6.45) is -0.0163. The number of non-ortho nitro benzene ring substituents is 1. The van der Waals surface area contributed by atoms with Crippen molar-refractivity contribution in [1.29, 1.82) is 0 Å². The van der Waals surface area contributed by atoms with Crippen molar-refractivity contribution in [3.05, 3.63) is 80.5 Å². The number of fused-ring (bicyclic) bond motifs is 1. The molecule has 0 fully saturated rings.